The minimum absolute atomic E-state index is 0.563. The summed E-state index contributed by atoms with van der Waals surface area (Å²) in [4.78, 5) is 11.5. The molecule has 1 N–H and O–H groups in total. The smallest absolute Gasteiger partial charge is 0.229 e. The summed E-state index contributed by atoms with van der Waals surface area (Å²) in [7, 11) is 0. The lowest BCUT2D eigenvalue weighted by Crippen LogP contribution is -2.19. The molecule has 0 spiro atoms. The van der Waals surface area contributed by atoms with E-state index in [1.165, 1.54) is 12.8 Å². The average molecular weight is 360 g/mol. The number of anilines is 3. The van der Waals surface area contributed by atoms with Crippen molar-refractivity contribution in [1.29, 1.82) is 0 Å². The first-order chi connectivity index (χ1) is 13.3. The SMILES string of the molecule is Cc1cc(N2CCCC2)nc(Nc2ccc(OCc3ccccc3)cc2)n1. The number of nitrogens with one attached hydrogen (secondary N) is 1. The minimum Gasteiger partial charge on any atom is -0.489 e. The monoisotopic (exact) mass is 360 g/mol. The number of nitrogens with zero attached hydrogens (tertiary/aromatic N) is 3. The average Bonchev–Trinajstić information content (AvgIpc) is 3.23. The molecule has 4 rings (SSSR count). The quantitative estimate of drug-likeness (QED) is 0.690. The third-order valence-corrected chi connectivity index (χ3v) is 4.63. The van der Waals surface area contributed by atoms with Crippen molar-refractivity contribution in [1.82, 2.24) is 9.97 Å². The maximum atomic E-state index is 5.84. The number of aryl methyl sites for hydroxylation is 1. The van der Waals surface area contributed by atoms with Crippen LogP contribution in [0.2, 0.25) is 0 Å². The minimum atomic E-state index is 0.563. The largest absolute Gasteiger partial charge is 0.489 e. The van der Waals surface area contributed by atoms with Gasteiger partial charge in [-0.15, -0.1) is 0 Å². The van der Waals surface area contributed by atoms with E-state index in [0.717, 1.165) is 41.6 Å². The molecule has 5 nitrogen and oxygen atoms in total. The summed E-state index contributed by atoms with van der Waals surface area (Å²) in [5, 5.41) is 3.31. The van der Waals surface area contributed by atoms with Gasteiger partial charge in [0.15, 0.2) is 0 Å². The van der Waals surface area contributed by atoms with Gasteiger partial charge in [0.2, 0.25) is 5.95 Å². The second kappa shape index (κ2) is 8.08. The molecule has 5 heteroatoms. The Labute approximate surface area is 160 Å². The van der Waals surface area contributed by atoms with Crippen LogP contribution in [-0.2, 0) is 6.61 Å². The highest BCUT2D eigenvalue weighted by atomic mass is 16.5. The molecule has 0 saturated carbocycles. The molecule has 138 valence electrons. The second-order valence-corrected chi connectivity index (χ2v) is 6.81. The molecular weight excluding hydrogens is 336 g/mol. The normalized spacial score (nSPS) is 13.6. The zero-order chi connectivity index (χ0) is 18.5. The Balaban J connectivity index is 1.41. The lowest BCUT2D eigenvalue weighted by molar-refractivity contribution is 0.306. The molecule has 0 aliphatic carbocycles. The van der Waals surface area contributed by atoms with Crippen molar-refractivity contribution in [3.63, 3.8) is 0 Å². The van der Waals surface area contributed by atoms with Crippen LogP contribution in [-0.4, -0.2) is 23.1 Å². The number of ether oxygens (including phenoxy) is 1. The van der Waals surface area contributed by atoms with Gasteiger partial charge in [0.25, 0.3) is 0 Å². The molecule has 3 aromatic rings. The van der Waals surface area contributed by atoms with Crippen molar-refractivity contribution in [3.05, 3.63) is 71.9 Å². The van der Waals surface area contributed by atoms with Crippen molar-refractivity contribution in [2.24, 2.45) is 0 Å². The number of benzene rings is 2. The third-order valence-electron chi connectivity index (χ3n) is 4.63. The number of aromatic nitrogens is 2. The van der Waals surface area contributed by atoms with Crippen molar-refractivity contribution < 1.29 is 4.74 Å². The molecule has 1 aliphatic rings. The highest BCUT2D eigenvalue weighted by Crippen LogP contribution is 2.23. The molecule has 1 aliphatic heterocycles. The predicted octanol–water partition coefficient (Wildman–Crippen LogP) is 4.71. The van der Waals surface area contributed by atoms with Crippen LogP contribution < -0.4 is 15.0 Å². The van der Waals surface area contributed by atoms with Crippen molar-refractivity contribution in [3.8, 4) is 5.75 Å². The van der Waals surface area contributed by atoms with E-state index < -0.39 is 0 Å². The molecule has 2 heterocycles. The van der Waals surface area contributed by atoms with Gasteiger partial charge >= 0.3 is 0 Å². The van der Waals surface area contributed by atoms with E-state index in [0.29, 0.717) is 12.6 Å². The zero-order valence-electron chi connectivity index (χ0n) is 15.6. The Morgan fingerprint density at radius 2 is 1.70 bits per heavy atom. The van der Waals surface area contributed by atoms with E-state index in [-0.39, 0.29) is 0 Å². The molecule has 1 saturated heterocycles. The van der Waals surface area contributed by atoms with E-state index in [9.17, 15) is 0 Å². The zero-order valence-corrected chi connectivity index (χ0v) is 15.6. The van der Waals surface area contributed by atoms with Crippen molar-refractivity contribution in [2.45, 2.75) is 26.4 Å². The maximum absolute atomic E-state index is 5.84. The molecule has 1 fully saturated rings. The fourth-order valence-corrected chi connectivity index (χ4v) is 3.22. The molecule has 2 aromatic carbocycles. The van der Waals surface area contributed by atoms with Crippen molar-refractivity contribution in [2.75, 3.05) is 23.3 Å². The van der Waals surface area contributed by atoms with Gasteiger partial charge in [-0.3, -0.25) is 0 Å². The fourth-order valence-electron chi connectivity index (χ4n) is 3.22. The Morgan fingerprint density at radius 3 is 2.44 bits per heavy atom. The summed E-state index contributed by atoms with van der Waals surface area (Å²) in [6, 6.07) is 20.1. The van der Waals surface area contributed by atoms with E-state index >= 15 is 0 Å². The first-order valence-electron chi connectivity index (χ1n) is 9.41. The van der Waals surface area contributed by atoms with Crippen LogP contribution in [0.25, 0.3) is 0 Å². The highest BCUT2D eigenvalue weighted by molar-refractivity contribution is 5.57. The summed E-state index contributed by atoms with van der Waals surface area (Å²) in [6.45, 7) is 4.72. The van der Waals surface area contributed by atoms with Gasteiger partial charge in [-0.25, -0.2) is 4.98 Å². The molecule has 0 radical (unpaired) electrons. The summed E-state index contributed by atoms with van der Waals surface area (Å²) in [5.74, 6) is 2.48. The summed E-state index contributed by atoms with van der Waals surface area (Å²) < 4.78 is 5.84. The van der Waals surface area contributed by atoms with Crippen LogP contribution >= 0.6 is 0 Å². The van der Waals surface area contributed by atoms with E-state index in [1.54, 1.807) is 0 Å². The van der Waals surface area contributed by atoms with Crippen LogP contribution in [0, 0.1) is 6.92 Å². The van der Waals surface area contributed by atoms with Gasteiger partial charge in [-0.2, -0.15) is 4.98 Å². The first kappa shape index (κ1) is 17.3. The van der Waals surface area contributed by atoms with Crippen LogP contribution in [0.3, 0.4) is 0 Å². The van der Waals surface area contributed by atoms with Crippen molar-refractivity contribution >= 4 is 17.5 Å². The predicted molar refractivity (Wildman–Crippen MR) is 109 cm³/mol. The molecule has 0 bridgehead atoms. The van der Waals surface area contributed by atoms with Crippen LogP contribution in [0.15, 0.2) is 60.7 Å². The summed E-state index contributed by atoms with van der Waals surface area (Å²) >= 11 is 0. The molecule has 0 atom stereocenters. The molecule has 0 amide bonds. The summed E-state index contributed by atoms with van der Waals surface area (Å²) in [6.07, 6.45) is 2.46. The van der Waals surface area contributed by atoms with Crippen LogP contribution in [0.5, 0.6) is 5.75 Å². The Hall–Kier alpha value is -3.08. The molecular formula is C22H24N4O. The number of rotatable bonds is 6. The maximum Gasteiger partial charge on any atom is 0.229 e. The van der Waals surface area contributed by atoms with Gasteiger partial charge < -0.3 is 15.0 Å². The molecule has 0 unspecified atom stereocenters. The lowest BCUT2D eigenvalue weighted by atomic mass is 10.2. The molecule has 27 heavy (non-hydrogen) atoms. The number of hydrogen-bond acceptors (Lipinski definition) is 5. The van der Waals surface area contributed by atoms with E-state index in [4.69, 9.17) is 4.74 Å². The highest BCUT2D eigenvalue weighted by Gasteiger charge is 2.15. The van der Waals surface area contributed by atoms with Gasteiger partial charge in [-0.1, -0.05) is 30.3 Å². The topological polar surface area (TPSA) is 50.3 Å². The molecule has 1 aromatic heterocycles. The fraction of sp³-hybridized carbons (Fsp3) is 0.273. The van der Waals surface area contributed by atoms with Crippen LogP contribution in [0.1, 0.15) is 24.1 Å². The lowest BCUT2D eigenvalue weighted by Gasteiger charge is -2.17. The standard InChI is InChI=1S/C22H24N4O/c1-17-15-21(26-13-5-6-14-26)25-22(23-17)24-19-9-11-20(12-10-19)27-16-18-7-3-2-4-8-18/h2-4,7-12,15H,5-6,13-14,16H2,1H3,(H,23,24,25). The summed E-state index contributed by atoms with van der Waals surface area (Å²) in [5.41, 5.74) is 3.07. The van der Waals surface area contributed by atoms with Gasteiger partial charge in [0.05, 0.1) is 0 Å². The van der Waals surface area contributed by atoms with Gasteiger partial charge in [0.1, 0.15) is 18.2 Å². The van der Waals surface area contributed by atoms with E-state index in [1.807, 2.05) is 49.4 Å². The Morgan fingerprint density at radius 1 is 0.963 bits per heavy atom. The Bertz CT molecular complexity index is 875. The van der Waals surface area contributed by atoms with Crippen LogP contribution in [0.4, 0.5) is 17.5 Å². The second-order valence-electron chi connectivity index (χ2n) is 6.81. The van der Waals surface area contributed by atoms with E-state index in [2.05, 4.69) is 38.4 Å². The Kier molecular flexibility index (Phi) is 5.19. The van der Waals surface area contributed by atoms with Gasteiger partial charge in [-0.05, 0) is 49.6 Å². The van der Waals surface area contributed by atoms with Gasteiger partial charge in [0, 0.05) is 30.5 Å². The number of hydrogen-bond donors (Lipinski definition) is 1. The third kappa shape index (κ3) is 4.56. The first-order valence-corrected chi connectivity index (χ1v) is 9.41.